The van der Waals surface area contributed by atoms with Gasteiger partial charge in [0.05, 0.1) is 13.2 Å². The maximum Gasteiger partial charge on any atom is 0.397 e. The molecule has 9 atom stereocenters. The third kappa shape index (κ3) is 6.36. The molecule has 4 aliphatic carbocycles. The standard InChI is InChI=1S/C26H45NO8S2/c1-17(4-9-24(28)27-14-15-36(29,30)31)21-7-8-22-20-6-5-18-16-19(35-37(32,33)34)10-12-25(18,2)23(20)11-13-26(21,22)3/h17-23H,4-16H2,1-3H3,(H,27,28)(H,29,30,31)(H,32,33,34)/t17-,18-,19-,20+,21-,22+,23+,25+,26-/m1/s1/i10D2,16D2,19D. The number of hydrogen-bond acceptors (Lipinski definition) is 6. The molecule has 4 fully saturated rings. The van der Waals surface area contributed by atoms with Gasteiger partial charge in [-0.15, -0.1) is 0 Å². The molecule has 0 aromatic rings. The van der Waals surface area contributed by atoms with Crippen LogP contribution in [0.25, 0.3) is 0 Å². The van der Waals surface area contributed by atoms with Gasteiger partial charge in [-0.2, -0.15) is 16.8 Å². The maximum atomic E-state index is 12.3. The number of nitrogens with one attached hydrogen (secondary N) is 1. The van der Waals surface area contributed by atoms with Crippen molar-refractivity contribution in [3.8, 4) is 0 Å². The van der Waals surface area contributed by atoms with E-state index in [0.717, 1.165) is 25.7 Å². The highest BCUT2D eigenvalue weighted by atomic mass is 32.3. The zero-order valence-corrected chi connectivity index (χ0v) is 23.5. The predicted molar refractivity (Wildman–Crippen MR) is 139 cm³/mol. The fraction of sp³-hybridized carbons (Fsp3) is 0.962. The average Bonchev–Trinajstić information content (AvgIpc) is 3.16. The molecule has 0 bridgehead atoms. The fourth-order valence-electron chi connectivity index (χ4n) is 8.53. The largest absolute Gasteiger partial charge is 0.397 e. The number of carbonyl (C=O) groups is 1. The monoisotopic (exact) mass is 568 g/mol. The summed E-state index contributed by atoms with van der Waals surface area (Å²) in [5, 5.41) is 2.54. The van der Waals surface area contributed by atoms with Gasteiger partial charge in [-0.3, -0.25) is 13.9 Å². The normalized spacial score (nSPS) is 47.5. The molecule has 0 saturated heterocycles. The van der Waals surface area contributed by atoms with Crippen LogP contribution in [0.4, 0.5) is 0 Å². The second-order valence-corrected chi connectivity index (χ2v) is 14.8. The molecule has 4 saturated carbocycles. The number of fused-ring (bicyclic) bond motifs is 5. The van der Waals surface area contributed by atoms with Gasteiger partial charge in [0, 0.05) is 18.4 Å². The SMILES string of the molecule is [2H]C1([2H])C[C@@]2(C)[C@H](CC[C@@H]3[C@@H]2CC[C@]2(C)[C@@H]([C@H](C)CCC(=O)NCCS(=O)(=O)O)CC[C@@H]32)C([2H])([2H])[C@]1([2H])OS(=O)(=O)O. The average molecular weight is 569 g/mol. The Labute approximate surface area is 229 Å². The van der Waals surface area contributed by atoms with E-state index in [-0.39, 0.29) is 48.5 Å². The lowest BCUT2D eigenvalue weighted by Crippen LogP contribution is -2.54. The van der Waals surface area contributed by atoms with E-state index in [1.54, 1.807) is 0 Å². The van der Waals surface area contributed by atoms with Crippen molar-refractivity contribution in [2.75, 3.05) is 12.3 Å². The Morgan fingerprint density at radius 1 is 1.08 bits per heavy atom. The van der Waals surface area contributed by atoms with Crippen molar-refractivity contribution in [3.05, 3.63) is 0 Å². The third-order valence-corrected chi connectivity index (χ3v) is 11.4. The first-order valence-electron chi connectivity index (χ1n) is 15.9. The van der Waals surface area contributed by atoms with Crippen LogP contribution in [0.3, 0.4) is 0 Å². The molecule has 11 heteroatoms. The minimum atomic E-state index is -5.29. The molecule has 0 radical (unpaired) electrons. The van der Waals surface area contributed by atoms with Crippen molar-refractivity contribution < 1.29 is 41.8 Å². The summed E-state index contributed by atoms with van der Waals surface area (Å²) in [4.78, 5) is 12.3. The van der Waals surface area contributed by atoms with Gasteiger partial charge < -0.3 is 5.32 Å². The summed E-state index contributed by atoms with van der Waals surface area (Å²) >= 11 is 0. The van der Waals surface area contributed by atoms with Gasteiger partial charge in [0.15, 0.2) is 0 Å². The Kier molecular flexibility index (Phi) is 6.63. The molecule has 37 heavy (non-hydrogen) atoms. The first kappa shape index (κ1) is 23.0. The number of amides is 1. The summed E-state index contributed by atoms with van der Waals surface area (Å²) in [6.07, 6.45) is -3.26. The zero-order valence-electron chi connectivity index (χ0n) is 26.9. The van der Waals surface area contributed by atoms with Crippen LogP contribution in [-0.2, 0) is 29.5 Å². The molecule has 4 rings (SSSR count). The summed E-state index contributed by atoms with van der Waals surface area (Å²) in [5.74, 6) is -0.491. The highest BCUT2D eigenvalue weighted by Gasteiger charge is 2.60. The van der Waals surface area contributed by atoms with E-state index in [2.05, 4.69) is 23.3 Å². The van der Waals surface area contributed by atoms with Gasteiger partial charge in [0.2, 0.25) is 5.91 Å². The second-order valence-electron chi connectivity index (χ2n) is 12.2. The van der Waals surface area contributed by atoms with Crippen LogP contribution >= 0.6 is 0 Å². The Hall–Kier alpha value is -0.750. The highest BCUT2D eigenvalue weighted by molar-refractivity contribution is 7.85. The summed E-state index contributed by atoms with van der Waals surface area (Å²) in [7, 11) is -9.43. The van der Waals surface area contributed by atoms with Crippen LogP contribution in [0.2, 0.25) is 0 Å². The lowest BCUT2D eigenvalue weighted by molar-refractivity contribution is -0.127. The predicted octanol–water partition coefficient (Wildman–Crippen LogP) is 4.25. The highest BCUT2D eigenvalue weighted by Crippen LogP contribution is 2.68. The molecular formula is C26H45NO8S2. The van der Waals surface area contributed by atoms with E-state index < -0.39 is 56.4 Å². The van der Waals surface area contributed by atoms with Crippen LogP contribution in [0.15, 0.2) is 0 Å². The Morgan fingerprint density at radius 2 is 1.78 bits per heavy atom. The molecule has 3 N–H and O–H groups in total. The zero-order chi connectivity index (χ0) is 31.7. The van der Waals surface area contributed by atoms with Crippen molar-refractivity contribution in [2.45, 2.75) is 97.4 Å². The van der Waals surface area contributed by atoms with E-state index in [1.165, 1.54) is 0 Å². The van der Waals surface area contributed by atoms with Crippen molar-refractivity contribution >= 4 is 26.4 Å². The fourth-order valence-corrected chi connectivity index (χ4v) is 9.21. The maximum absolute atomic E-state index is 12.3. The minimum absolute atomic E-state index is 0.00875. The van der Waals surface area contributed by atoms with Crippen LogP contribution in [-0.4, -0.2) is 50.2 Å². The van der Waals surface area contributed by atoms with Crippen LogP contribution in [0, 0.1) is 46.3 Å². The quantitative estimate of drug-likeness (QED) is 0.350. The number of carbonyl (C=O) groups excluding carboxylic acids is 1. The van der Waals surface area contributed by atoms with E-state index in [0.29, 0.717) is 31.1 Å². The van der Waals surface area contributed by atoms with E-state index in [1.807, 2.05) is 6.92 Å². The van der Waals surface area contributed by atoms with Crippen LogP contribution in [0.1, 0.15) is 98.2 Å². The van der Waals surface area contributed by atoms with E-state index in [9.17, 15) is 26.2 Å². The Balaban J connectivity index is 1.49. The second kappa shape index (κ2) is 10.7. The van der Waals surface area contributed by atoms with Crippen molar-refractivity contribution in [2.24, 2.45) is 46.3 Å². The lowest BCUT2D eigenvalue weighted by Gasteiger charge is -2.61. The molecular weight excluding hydrogens is 518 g/mol. The molecule has 0 aliphatic heterocycles. The first-order valence-corrected chi connectivity index (χ1v) is 16.4. The van der Waals surface area contributed by atoms with Gasteiger partial charge in [0.1, 0.15) is 0 Å². The van der Waals surface area contributed by atoms with Crippen molar-refractivity contribution in [1.29, 1.82) is 0 Å². The number of hydrogen-bond donors (Lipinski definition) is 3. The van der Waals surface area contributed by atoms with Gasteiger partial charge in [-0.05, 0) is 110 Å². The first-order chi connectivity index (χ1) is 19.0. The smallest absolute Gasteiger partial charge is 0.355 e. The summed E-state index contributed by atoms with van der Waals surface area (Å²) in [6.45, 7) is 6.19. The van der Waals surface area contributed by atoms with Crippen molar-refractivity contribution in [1.82, 2.24) is 5.32 Å². The lowest BCUT2D eigenvalue weighted by atomic mass is 9.44. The topological polar surface area (TPSA) is 147 Å². The summed E-state index contributed by atoms with van der Waals surface area (Å²) < 4.78 is 111. The van der Waals surface area contributed by atoms with Gasteiger partial charge in [-0.25, -0.2) is 4.18 Å². The third-order valence-electron chi connectivity index (χ3n) is 10.3. The van der Waals surface area contributed by atoms with Gasteiger partial charge in [0.25, 0.3) is 10.1 Å². The Bertz CT molecular complexity index is 1280. The van der Waals surface area contributed by atoms with Crippen LogP contribution < -0.4 is 5.32 Å². The van der Waals surface area contributed by atoms with Gasteiger partial charge in [-0.1, -0.05) is 20.8 Å². The minimum Gasteiger partial charge on any atom is -0.355 e. The van der Waals surface area contributed by atoms with E-state index >= 15 is 0 Å². The molecule has 0 unspecified atom stereocenters. The summed E-state index contributed by atoms with van der Waals surface area (Å²) in [5.41, 5.74) is -0.848. The van der Waals surface area contributed by atoms with Crippen LogP contribution in [0.5, 0.6) is 0 Å². The van der Waals surface area contributed by atoms with Gasteiger partial charge >= 0.3 is 10.4 Å². The molecule has 0 aromatic heterocycles. The molecule has 4 aliphatic rings. The van der Waals surface area contributed by atoms with Crippen molar-refractivity contribution in [3.63, 3.8) is 0 Å². The molecule has 9 nitrogen and oxygen atoms in total. The molecule has 0 heterocycles. The van der Waals surface area contributed by atoms with E-state index in [4.69, 9.17) is 11.4 Å². The number of rotatable bonds is 9. The molecule has 0 spiro atoms. The molecule has 1 amide bonds. The summed E-state index contributed by atoms with van der Waals surface area (Å²) in [6, 6.07) is 0. The molecule has 214 valence electrons. The molecule has 0 aromatic carbocycles. The Morgan fingerprint density at radius 3 is 2.46 bits per heavy atom.